The third-order valence-electron chi connectivity index (χ3n) is 3.25. The number of carbonyl (C=O) groups excluding carboxylic acids is 1. The van der Waals surface area contributed by atoms with Gasteiger partial charge in [0.15, 0.2) is 5.82 Å². The first-order chi connectivity index (χ1) is 9.63. The molecule has 0 aliphatic carbocycles. The number of anilines is 2. The second-order valence-electron chi connectivity index (χ2n) is 4.98. The topological polar surface area (TPSA) is 76.2 Å². The number of aromatic nitrogens is 3. The van der Waals surface area contributed by atoms with Crippen LogP contribution in [0.1, 0.15) is 25.5 Å². The maximum Gasteiger partial charge on any atom is 0.253 e. The first-order valence-corrected chi connectivity index (χ1v) is 6.70. The van der Waals surface area contributed by atoms with E-state index < -0.39 is 0 Å². The van der Waals surface area contributed by atoms with Gasteiger partial charge in [-0.2, -0.15) is 4.68 Å². The Morgan fingerprint density at radius 1 is 1.35 bits per heavy atom. The summed E-state index contributed by atoms with van der Waals surface area (Å²) in [4.78, 5) is 13.4. The van der Waals surface area contributed by atoms with Crippen molar-refractivity contribution < 1.29 is 9.32 Å². The smallest absolute Gasteiger partial charge is 0.253 e. The Bertz CT molecular complexity index is 624. The molecular formula is C13H17N5O2. The van der Waals surface area contributed by atoms with E-state index in [2.05, 4.69) is 20.5 Å². The Morgan fingerprint density at radius 3 is 2.70 bits per heavy atom. The molecular weight excluding hydrogens is 258 g/mol. The molecule has 1 aliphatic rings. The molecule has 0 spiro atoms. The summed E-state index contributed by atoms with van der Waals surface area (Å²) in [5, 5.41) is 11.0. The molecule has 1 aliphatic heterocycles. The van der Waals surface area contributed by atoms with Gasteiger partial charge in [0, 0.05) is 32.1 Å². The third kappa shape index (κ3) is 2.38. The van der Waals surface area contributed by atoms with E-state index in [4.69, 9.17) is 4.52 Å². The quantitative estimate of drug-likeness (QED) is 0.923. The monoisotopic (exact) mass is 275 g/mol. The lowest BCUT2D eigenvalue weighted by molar-refractivity contribution is -0.114. The van der Waals surface area contributed by atoms with Crippen LogP contribution >= 0.6 is 0 Å². The van der Waals surface area contributed by atoms with Gasteiger partial charge in [-0.3, -0.25) is 4.79 Å². The molecule has 2 aromatic heterocycles. The van der Waals surface area contributed by atoms with E-state index in [1.807, 2.05) is 19.1 Å². The van der Waals surface area contributed by atoms with Gasteiger partial charge >= 0.3 is 0 Å². The fraction of sp³-hybridized carbons (Fsp3) is 0.462. The van der Waals surface area contributed by atoms with Gasteiger partial charge in [-0.25, -0.2) is 0 Å². The van der Waals surface area contributed by atoms with Crippen LogP contribution in [0.5, 0.6) is 0 Å². The Labute approximate surface area is 116 Å². The number of rotatable bonds is 3. The average Bonchev–Trinajstić information content (AvgIpc) is 3.06. The highest BCUT2D eigenvalue weighted by atomic mass is 16.5. The normalized spacial score (nSPS) is 14.8. The average molecular weight is 275 g/mol. The highest BCUT2D eigenvalue weighted by molar-refractivity contribution is 5.88. The molecule has 0 bridgehead atoms. The number of nitrogens with one attached hydrogen (secondary N) is 1. The molecule has 0 aromatic carbocycles. The van der Waals surface area contributed by atoms with E-state index in [9.17, 15) is 4.79 Å². The van der Waals surface area contributed by atoms with Gasteiger partial charge in [0.2, 0.25) is 5.91 Å². The van der Waals surface area contributed by atoms with Gasteiger partial charge in [-0.05, 0) is 19.8 Å². The Kier molecular flexibility index (Phi) is 3.17. The summed E-state index contributed by atoms with van der Waals surface area (Å²) >= 11 is 0. The second kappa shape index (κ2) is 4.99. The fourth-order valence-electron chi connectivity index (χ4n) is 2.40. The summed E-state index contributed by atoms with van der Waals surface area (Å²) in [7, 11) is 0. The van der Waals surface area contributed by atoms with E-state index in [-0.39, 0.29) is 5.91 Å². The van der Waals surface area contributed by atoms with Crippen LogP contribution in [0, 0.1) is 6.92 Å². The lowest BCUT2D eigenvalue weighted by atomic mass is 10.4. The second-order valence-corrected chi connectivity index (χ2v) is 4.98. The molecule has 1 fully saturated rings. The Hall–Kier alpha value is -2.31. The number of hydrogen-bond donors (Lipinski definition) is 1. The number of carbonyl (C=O) groups is 1. The summed E-state index contributed by atoms with van der Waals surface area (Å²) in [6.45, 7) is 5.30. The van der Waals surface area contributed by atoms with E-state index in [0.29, 0.717) is 11.7 Å². The molecule has 0 atom stereocenters. The maximum absolute atomic E-state index is 11.2. The van der Waals surface area contributed by atoms with Crippen molar-refractivity contribution in [1.29, 1.82) is 0 Å². The van der Waals surface area contributed by atoms with E-state index in [1.54, 1.807) is 4.68 Å². The first-order valence-electron chi connectivity index (χ1n) is 6.70. The van der Waals surface area contributed by atoms with Crippen molar-refractivity contribution in [2.45, 2.75) is 26.7 Å². The Morgan fingerprint density at radius 2 is 2.10 bits per heavy atom. The van der Waals surface area contributed by atoms with Gasteiger partial charge in [-0.15, -0.1) is 5.10 Å². The van der Waals surface area contributed by atoms with Crippen molar-refractivity contribution >= 4 is 17.5 Å². The molecule has 7 nitrogen and oxygen atoms in total. The van der Waals surface area contributed by atoms with Crippen LogP contribution in [0.3, 0.4) is 0 Å². The van der Waals surface area contributed by atoms with E-state index in [1.165, 1.54) is 6.92 Å². The van der Waals surface area contributed by atoms with Crippen molar-refractivity contribution in [1.82, 2.24) is 14.9 Å². The fourth-order valence-corrected chi connectivity index (χ4v) is 2.40. The van der Waals surface area contributed by atoms with Gasteiger partial charge in [0.25, 0.3) is 5.88 Å². The largest absolute Gasteiger partial charge is 0.356 e. The molecule has 3 rings (SSSR count). The molecule has 1 saturated heterocycles. The number of nitrogens with zero attached hydrogens (tertiary/aromatic N) is 4. The minimum atomic E-state index is -0.142. The minimum absolute atomic E-state index is 0.142. The standard InChI is InChI=1S/C13H17N5O2/c1-9-7-13(20-16-9)18-12(17-5-3-4-6-17)8-11(15-18)14-10(2)19/h7-8H,3-6H2,1-2H3,(H,14,15,19). The number of aryl methyl sites for hydroxylation is 1. The zero-order valence-corrected chi connectivity index (χ0v) is 11.6. The molecule has 2 aromatic rings. The maximum atomic E-state index is 11.2. The predicted molar refractivity (Wildman–Crippen MR) is 74.1 cm³/mol. The van der Waals surface area contributed by atoms with Crippen LogP contribution in [-0.4, -0.2) is 33.9 Å². The summed E-state index contributed by atoms with van der Waals surface area (Å²) < 4.78 is 6.97. The van der Waals surface area contributed by atoms with Gasteiger partial charge in [0.1, 0.15) is 5.82 Å². The lowest BCUT2D eigenvalue weighted by Crippen LogP contribution is -2.20. The van der Waals surface area contributed by atoms with Crippen LogP contribution in [-0.2, 0) is 4.79 Å². The van der Waals surface area contributed by atoms with Gasteiger partial charge in [-0.1, -0.05) is 5.16 Å². The predicted octanol–water partition coefficient (Wildman–Crippen LogP) is 1.73. The number of amides is 1. The van der Waals surface area contributed by atoms with Crippen molar-refractivity contribution in [3.8, 4) is 5.88 Å². The number of hydrogen-bond acceptors (Lipinski definition) is 5. The summed E-state index contributed by atoms with van der Waals surface area (Å²) in [6, 6.07) is 3.69. The Balaban J connectivity index is 2.00. The molecule has 106 valence electrons. The molecule has 7 heteroatoms. The highest BCUT2D eigenvalue weighted by Gasteiger charge is 2.21. The van der Waals surface area contributed by atoms with E-state index in [0.717, 1.165) is 37.4 Å². The highest BCUT2D eigenvalue weighted by Crippen LogP contribution is 2.27. The zero-order valence-electron chi connectivity index (χ0n) is 11.6. The summed E-state index contributed by atoms with van der Waals surface area (Å²) in [6.07, 6.45) is 2.33. The molecule has 1 amide bonds. The SMILES string of the molecule is CC(=O)Nc1cc(N2CCCC2)n(-c2cc(C)no2)n1. The van der Waals surface area contributed by atoms with Crippen molar-refractivity contribution in [2.75, 3.05) is 23.3 Å². The van der Waals surface area contributed by atoms with Crippen LogP contribution in [0.4, 0.5) is 11.6 Å². The van der Waals surface area contributed by atoms with Crippen LogP contribution in [0.2, 0.25) is 0 Å². The summed E-state index contributed by atoms with van der Waals surface area (Å²) in [5.41, 5.74) is 0.795. The minimum Gasteiger partial charge on any atom is -0.356 e. The summed E-state index contributed by atoms with van der Waals surface area (Å²) in [5.74, 6) is 1.85. The molecule has 3 heterocycles. The third-order valence-corrected chi connectivity index (χ3v) is 3.25. The lowest BCUT2D eigenvalue weighted by Gasteiger charge is -2.16. The van der Waals surface area contributed by atoms with Crippen LogP contribution in [0.15, 0.2) is 16.7 Å². The van der Waals surface area contributed by atoms with Gasteiger partial charge in [0.05, 0.1) is 5.69 Å². The molecule has 0 radical (unpaired) electrons. The van der Waals surface area contributed by atoms with Crippen LogP contribution < -0.4 is 10.2 Å². The molecule has 0 unspecified atom stereocenters. The first kappa shape index (κ1) is 12.7. The van der Waals surface area contributed by atoms with Gasteiger partial charge < -0.3 is 14.7 Å². The van der Waals surface area contributed by atoms with Crippen molar-refractivity contribution in [3.63, 3.8) is 0 Å². The zero-order chi connectivity index (χ0) is 14.1. The molecule has 1 N–H and O–H groups in total. The molecule has 0 saturated carbocycles. The van der Waals surface area contributed by atoms with E-state index >= 15 is 0 Å². The van der Waals surface area contributed by atoms with Crippen LogP contribution in [0.25, 0.3) is 5.88 Å². The molecule has 20 heavy (non-hydrogen) atoms. The van der Waals surface area contributed by atoms with Crippen molar-refractivity contribution in [2.24, 2.45) is 0 Å². The van der Waals surface area contributed by atoms with Crippen molar-refractivity contribution in [3.05, 3.63) is 17.8 Å².